The first kappa shape index (κ1) is 13.8. The van der Waals surface area contributed by atoms with Gasteiger partial charge in [0.05, 0.1) is 12.1 Å². The summed E-state index contributed by atoms with van der Waals surface area (Å²) in [5.74, 6) is 1.61. The maximum Gasteiger partial charge on any atom is 0.227 e. The smallest absolute Gasteiger partial charge is 0.227 e. The minimum absolute atomic E-state index is 0.177. The molecule has 1 aliphatic rings. The minimum atomic E-state index is 0.177. The summed E-state index contributed by atoms with van der Waals surface area (Å²) >= 11 is 0. The van der Waals surface area contributed by atoms with Crippen molar-refractivity contribution in [3.05, 3.63) is 47.8 Å². The highest BCUT2D eigenvalue weighted by molar-refractivity contribution is 5.79. The number of nitrogens with zero attached hydrogens (tertiary/aromatic N) is 4. The number of pyridine rings is 1. The maximum absolute atomic E-state index is 12.4. The standard InChI is InChI=1S/C16H20N4O/c1-12-10-19(2)16(18-12)14-5-7-20(11-14)15(21)8-13-4-3-6-17-9-13/h3-4,6,9-10,14H,5,7-8,11H2,1-2H3. The molecule has 3 heterocycles. The van der Waals surface area contributed by atoms with Gasteiger partial charge in [-0.3, -0.25) is 9.78 Å². The van der Waals surface area contributed by atoms with E-state index in [1.54, 1.807) is 12.4 Å². The summed E-state index contributed by atoms with van der Waals surface area (Å²) in [6, 6.07) is 3.81. The van der Waals surface area contributed by atoms with Gasteiger partial charge in [0.15, 0.2) is 0 Å². The first-order valence-corrected chi connectivity index (χ1v) is 7.30. The topological polar surface area (TPSA) is 51.0 Å². The monoisotopic (exact) mass is 284 g/mol. The number of aryl methyl sites for hydroxylation is 2. The number of aromatic nitrogens is 3. The third-order valence-electron chi connectivity index (χ3n) is 4.02. The maximum atomic E-state index is 12.4. The van der Waals surface area contributed by atoms with E-state index < -0.39 is 0 Å². The quantitative estimate of drug-likeness (QED) is 0.861. The lowest BCUT2D eigenvalue weighted by atomic mass is 10.1. The Bertz CT molecular complexity index is 635. The van der Waals surface area contributed by atoms with Gasteiger partial charge in [-0.25, -0.2) is 4.98 Å². The van der Waals surface area contributed by atoms with Gasteiger partial charge in [0.25, 0.3) is 0 Å². The number of imidazole rings is 1. The third kappa shape index (κ3) is 2.96. The molecule has 0 spiro atoms. The van der Waals surface area contributed by atoms with Gasteiger partial charge in [0.2, 0.25) is 5.91 Å². The molecule has 1 atom stereocenters. The molecule has 1 amide bonds. The molecule has 5 heteroatoms. The normalized spacial score (nSPS) is 18.2. The first-order valence-electron chi connectivity index (χ1n) is 7.30. The van der Waals surface area contributed by atoms with Crippen molar-refractivity contribution >= 4 is 5.91 Å². The summed E-state index contributed by atoms with van der Waals surface area (Å²) in [7, 11) is 2.02. The molecular weight excluding hydrogens is 264 g/mol. The molecule has 21 heavy (non-hydrogen) atoms. The number of likely N-dealkylation sites (tertiary alicyclic amines) is 1. The molecule has 0 N–H and O–H groups in total. The highest BCUT2D eigenvalue weighted by atomic mass is 16.2. The van der Waals surface area contributed by atoms with Gasteiger partial charge in [-0.2, -0.15) is 0 Å². The molecule has 1 unspecified atom stereocenters. The zero-order valence-corrected chi connectivity index (χ0v) is 12.5. The van der Waals surface area contributed by atoms with E-state index in [2.05, 4.69) is 14.5 Å². The van der Waals surface area contributed by atoms with Crippen LogP contribution in [0.5, 0.6) is 0 Å². The highest BCUT2D eigenvalue weighted by Gasteiger charge is 2.29. The zero-order chi connectivity index (χ0) is 14.8. The van der Waals surface area contributed by atoms with Crippen LogP contribution in [0.25, 0.3) is 0 Å². The molecule has 0 radical (unpaired) electrons. The Kier molecular flexibility index (Phi) is 3.73. The van der Waals surface area contributed by atoms with Crippen LogP contribution in [-0.4, -0.2) is 38.4 Å². The molecule has 2 aromatic rings. The molecule has 0 saturated carbocycles. The summed E-state index contributed by atoms with van der Waals surface area (Å²) in [5.41, 5.74) is 2.01. The van der Waals surface area contributed by atoms with Crippen LogP contribution in [0.4, 0.5) is 0 Å². The van der Waals surface area contributed by atoms with E-state index >= 15 is 0 Å². The Hall–Kier alpha value is -2.17. The van der Waals surface area contributed by atoms with Crippen LogP contribution in [0, 0.1) is 6.92 Å². The summed E-state index contributed by atoms with van der Waals surface area (Å²) in [5, 5.41) is 0. The zero-order valence-electron chi connectivity index (χ0n) is 12.5. The molecule has 3 rings (SSSR count). The van der Waals surface area contributed by atoms with E-state index in [9.17, 15) is 4.79 Å². The lowest BCUT2D eigenvalue weighted by molar-refractivity contribution is -0.129. The number of rotatable bonds is 3. The fraction of sp³-hybridized carbons (Fsp3) is 0.438. The number of hydrogen-bond donors (Lipinski definition) is 0. The van der Waals surface area contributed by atoms with E-state index in [4.69, 9.17) is 0 Å². The van der Waals surface area contributed by atoms with Crippen molar-refractivity contribution in [3.63, 3.8) is 0 Å². The predicted octanol–water partition coefficient (Wildman–Crippen LogP) is 1.68. The summed E-state index contributed by atoms with van der Waals surface area (Å²) < 4.78 is 2.08. The van der Waals surface area contributed by atoms with E-state index in [0.29, 0.717) is 12.3 Å². The fourth-order valence-corrected chi connectivity index (χ4v) is 3.00. The van der Waals surface area contributed by atoms with Gasteiger partial charge in [-0.15, -0.1) is 0 Å². The van der Waals surface area contributed by atoms with Crippen LogP contribution in [0.2, 0.25) is 0 Å². The summed E-state index contributed by atoms with van der Waals surface area (Å²) in [4.78, 5) is 22.9. The van der Waals surface area contributed by atoms with Crippen LogP contribution in [0.15, 0.2) is 30.7 Å². The Morgan fingerprint density at radius 3 is 3.00 bits per heavy atom. The van der Waals surface area contributed by atoms with Crippen molar-refractivity contribution in [2.24, 2.45) is 7.05 Å². The van der Waals surface area contributed by atoms with Crippen molar-refractivity contribution < 1.29 is 4.79 Å². The lowest BCUT2D eigenvalue weighted by Gasteiger charge is -2.16. The second-order valence-corrected chi connectivity index (χ2v) is 5.71. The van der Waals surface area contributed by atoms with Crippen molar-refractivity contribution in [1.82, 2.24) is 19.4 Å². The van der Waals surface area contributed by atoms with Crippen molar-refractivity contribution in [2.45, 2.75) is 25.7 Å². The average molecular weight is 284 g/mol. The average Bonchev–Trinajstić information content (AvgIpc) is 3.06. The van der Waals surface area contributed by atoms with Crippen molar-refractivity contribution in [1.29, 1.82) is 0 Å². The molecule has 110 valence electrons. The van der Waals surface area contributed by atoms with Gasteiger partial charge in [0.1, 0.15) is 5.82 Å². The van der Waals surface area contributed by atoms with Gasteiger partial charge in [-0.1, -0.05) is 6.07 Å². The SMILES string of the molecule is Cc1cn(C)c(C2CCN(C(=O)Cc3cccnc3)C2)n1. The van der Waals surface area contributed by atoms with Crippen LogP contribution in [0.1, 0.15) is 29.4 Å². The van der Waals surface area contributed by atoms with Crippen LogP contribution in [0.3, 0.4) is 0 Å². The fourth-order valence-electron chi connectivity index (χ4n) is 3.00. The van der Waals surface area contributed by atoms with Gasteiger partial charge < -0.3 is 9.47 Å². The van der Waals surface area contributed by atoms with E-state index in [0.717, 1.165) is 36.6 Å². The Morgan fingerprint density at radius 1 is 1.48 bits per heavy atom. The largest absolute Gasteiger partial charge is 0.342 e. The summed E-state index contributed by atoms with van der Waals surface area (Å²) in [6.07, 6.45) is 6.94. The molecule has 0 aromatic carbocycles. The molecule has 1 aliphatic heterocycles. The molecule has 0 aliphatic carbocycles. The van der Waals surface area contributed by atoms with E-state index in [1.807, 2.05) is 37.2 Å². The second kappa shape index (κ2) is 5.68. The second-order valence-electron chi connectivity index (χ2n) is 5.71. The minimum Gasteiger partial charge on any atom is -0.342 e. The van der Waals surface area contributed by atoms with Crippen LogP contribution in [-0.2, 0) is 18.3 Å². The van der Waals surface area contributed by atoms with Gasteiger partial charge in [-0.05, 0) is 25.0 Å². The molecule has 1 saturated heterocycles. The number of carbonyl (C=O) groups excluding carboxylic acids is 1. The third-order valence-corrected chi connectivity index (χ3v) is 4.02. The molecule has 0 bridgehead atoms. The number of amides is 1. The lowest BCUT2D eigenvalue weighted by Crippen LogP contribution is -2.30. The number of hydrogen-bond acceptors (Lipinski definition) is 3. The van der Waals surface area contributed by atoms with E-state index in [-0.39, 0.29) is 5.91 Å². The Labute approximate surface area is 124 Å². The molecule has 5 nitrogen and oxygen atoms in total. The van der Waals surface area contributed by atoms with Crippen LogP contribution < -0.4 is 0 Å². The number of carbonyl (C=O) groups is 1. The summed E-state index contributed by atoms with van der Waals surface area (Å²) in [6.45, 7) is 3.59. The highest BCUT2D eigenvalue weighted by Crippen LogP contribution is 2.26. The van der Waals surface area contributed by atoms with Crippen molar-refractivity contribution in [3.8, 4) is 0 Å². The van der Waals surface area contributed by atoms with Crippen molar-refractivity contribution in [2.75, 3.05) is 13.1 Å². The Balaban J connectivity index is 1.64. The predicted molar refractivity (Wildman–Crippen MR) is 79.8 cm³/mol. The molecular formula is C16H20N4O. The van der Waals surface area contributed by atoms with Crippen LogP contribution >= 0.6 is 0 Å². The Morgan fingerprint density at radius 2 is 2.33 bits per heavy atom. The molecule has 1 fully saturated rings. The molecule has 2 aromatic heterocycles. The first-order chi connectivity index (χ1) is 10.1. The van der Waals surface area contributed by atoms with Gasteiger partial charge in [0, 0.05) is 44.6 Å². The van der Waals surface area contributed by atoms with Gasteiger partial charge >= 0.3 is 0 Å². The van der Waals surface area contributed by atoms with E-state index in [1.165, 1.54) is 0 Å².